The average Bonchev–Trinajstić information content (AvgIpc) is 2.56. The summed E-state index contributed by atoms with van der Waals surface area (Å²) in [5.74, 6) is 0.0737. The number of hydrogen-bond acceptors (Lipinski definition) is 4. The van der Waals surface area contributed by atoms with Gasteiger partial charge in [0.25, 0.3) is 0 Å². The number of piperidine rings is 1. The maximum Gasteiger partial charge on any atom is 0.220 e. The van der Waals surface area contributed by atoms with E-state index in [1.165, 1.54) is 0 Å². The molecule has 1 fully saturated rings. The molecule has 2 heterocycles. The van der Waals surface area contributed by atoms with Crippen molar-refractivity contribution in [1.29, 1.82) is 0 Å². The minimum absolute atomic E-state index is 0.00162. The molecule has 0 aliphatic carbocycles. The molecule has 1 aliphatic rings. The van der Waals surface area contributed by atoms with E-state index in [0.29, 0.717) is 6.42 Å². The summed E-state index contributed by atoms with van der Waals surface area (Å²) >= 11 is 1.56. The number of thiazole rings is 1. The normalized spacial score (nSPS) is 27.4. The number of nitrogens with zero attached hydrogens (tertiary/aromatic N) is 1. The number of aryl methyl sites for hydroxylation is 1. The van der Waals surface area contributed by atoms with E-state index in [2.05, 4.69) is 10.3 Å². The molecule has 1 saturated heterocycles. The van der Waals surface area contributed by atoms with Crippen LogP contribution in [-0.4, -0.2) is 16.9 Å². The van der Waals surface area contributed by atoms with Crippen LogP contribution in [0.3, 0.4) is 0 Å². The highest BCUT2D eigenvalue weighted by Gasteiger charge is 2.28. The molecule has 1 amide bonds. The van der Waals surface area contributed by atoms with E-state index in [9.17, 15) is 4.79 Å². The fourth-order valence-electron chi connectivity index (χ4n) is 1.58. The predicted molar refractivity (Wildman–Crippen MR) is 54.9 cm³/mol. The van der Waals surface area contributed by atoms with E-state index >= 15 is 0 Å². The van der Waals surface area contributed by atoms with E-state index in [4.69, 9.17) is 5.73 Å². The van der Waals surface area contributed by atoms with E-state index < -0.39 is 0 Å². The third-order valence-electron chi connectivity index (χ3n) is 2.35. The lowest BCUT2D eigenvalue weighted by atomic mass is 9.99. The third-order valence-corrected chi connectivity index (χ3v) is 3.40. The molecule has 1 aromatic rings. The Bertz CT molecular complexity index is 350. The van der Waals surface area contributed by atoms with Crippen LogP contribution in [-0.2, 0) is 4.79 Å². The van der Waals surface area contributed by atoms with Gasteiger partial charge in [0.15, 0.2) is 0 Å². The van der Waals surface area contributed by atoms with Gasteiger partial charge in [-0.05, 0) is 13.3 Å². The summed E-state index contributed by atoms with van der Waals surface area (Å²) in [4.78, 5) is 15.6. The highest BCUT2D eigenvalue weighted by molar-refractivity contribution is 7.09. The number of carbonyl (C=O) groups is 1. The number of nitrogens with one attached hydrogen (secondary N) is 1. The largest absolute Gasteiger partial charge is 0.345 e. The Labute approximate surface area is 86.5 Å². The van der Waals surface area contributed by atoms with Gasteiger partial charge in [0, 0.05) is 23.5 Å². The van der Waals surface area contributed by atoms with E-state index in [1.54, 1.807) is 11.3 Å². The molecular formula is C9H13N3OS. The zero-order chi connectivity index (χ0) is 10.1. The van der Waals surface area contributed by atoms with Crippen LogP contribution in [0.4, 0.5) is 0 Å². The minimum Gasteiger partial charge on any atom is -0.345 e. The molecule has 0 aromatic carbocycles. The van der Waals surface area contributed by atoms with Crippen LogP contribution < -0.4 is 11.1 Å². The summed E-state index contributed by atoms with van der Waals surface area (Å²) in [6, 6.07) is -0.0896. The van der Waals surface area contributed by atoms with Gasteiger partial charge in [-0.15, -0.1) is 11.3 Å². The van der Waals surface area contributed by atoms with Crippen molar-refractivity contribution < 1.29 is 4.79 Å². The van der Waals surface area contributed by atoms with Crippen molar-refractivity contribution in [2.45, 2.75) is 31.8 Å². The molecule has 4 nitrogen and oxygen atoms in total. The summed E-state index contributed by atoms with van der Waals surface area (Å²) in [7, 11) is 0. The molecular weight excluding hydrogens is 198 g/mol. The lowest BCUT2D eigenvalue weighted by molar-refractivity contribution is -0.123. The summed E-state index contributed by atoms with van der Waals surface area (Å²) < 4.78 is 0. The van der Waals surface area contributed by atoms with Crippen molar-refractivity contribution in [2.24, 2.45) is 5.73 Å². The van der Waals surface area contributed by atoms with Crippen LogP contribution in [0.25, 0.3) is 0 Å². The second-order valence-corrected chi connectivity index (χ2v) is 4.46. The average molecular weight is 211 g/mol. The SMILES string of the molecule is Cc1csc(C2NC(=O)CCC2N)n1. The molecule has 2 unspecified atom stereocenters. The second-order valence-electron chi connectivity index (χ2n) is 3.57. The number of hydrogen-bond donors (Lipinski definition) is 2. The van der Waals surface area contributed by atoms with Gasteiger partial charge in [-0.2, -0.15) is 0 Å². The topological polar surface area (TPSA) is 68.0 Å². The number of carbonyl (C=O) groups excluding carboxylic acids is 1. The fraction of sp³-hybridized carbons (Fsp3) is 0.556. The van der Waals surface area contributed by atoms with Crippen LogP contribution in [0.15, 0.2) is 5.38 Å². The van der Waals surface area contributed by atoms with Gasteiger partial charge in [-0.25, -0.2) is 4.98 Å². The first kappa shape index (κ1) is 9.61. The predicted octanol–water partition coefficient (Wildman–Crippen LogP) is 0.730. The van der Waals surface area contributed by atoms with Crippen molar-refractivity contribution in [1.82, 2.24) is 10.3 Å². The van der Waals surface area contributed by atoms with Crippen LogP contribution in [0.1, 0.15) is 29.6 Å². The van der Waals surface area contributed by atoms with Crippen molar-refractivity contribution >= 4 is 17.2 Å². The Morgan fingerprint density at radius 1 is 1.71 bits per heavy atom. The van der Waals surface area contributed by atoms with E-state index in [1.807, 2.05) is 12.3 Å². The Kier molecular flexibility index (Phi) is 2.52. The summed E-state index contributed by atoms with van der Waals surface area (Å²) in [5, 5.41) is 5.77. The zero-order valence-electron chi connectivity index (χ0n) is 7.99. The van der Waals surface area contributed by atoms with Gasteiger partial charge in [0.2, 0.25) is 5.91 Å². The highest BCUT2D eigenvalue weighted by atomic mass is 32.1. The maximum absolute atomic E-state index is 11.2. The van der Waals surface area contributed by atoms with Crippen molar-refractivity contribution in [3.05, 3.63) is 16.1 Å². The lowest BCUT2D eigenvalue weighted by Gasteiger charge is -2.27. The molecule has 1 aliphatic heterocycles. The highest BCUT2D eigenvalue weighted by Crippen LogP contribution is 2.25. The lowest BCUT2D eigenvalue weighted by Crippen LogP contribution is -2.45. The van der Waals surface area contributed by atoms with Gasteiger partial charge in [0.05, 0.1) is 6.04 Å². The zero-order valence-corrected chi connectivity index (χ0v) is 8.80. The standard InChI is InChI=1S/C9H13N3OS/c1-5-4-14-9(11-5)8-6(10)2-3-7(13)12-8/h4,6,8H,2-3,10H2,1H3,(H,12,13). The number of amides is 1. The molecule has 0 radical (unpaired) electrons. The summed E-state index contributed by atoms with van der Waals surface area (Å²) in [6.45, 7) is 1.94. The first-order valence-electron chi connectivity index (χ1n) is 4.64. The number of aromatic nitrogens is 1. The molecule has 0 saturated carbocycles. The fourth-order valence-corrected chi connectivity index (χ4v) is 2.50. The van der Waals surface area contributed by atoms with E-state index in [-0.39, 0.29) is 18.0 Å². The quantitative estimate of drug-likeness (QED) is 0.719. The summed E-state index contributed by atoms with van der Waals surface area (Å²) in [6.07, 6.45) is 1.27. The molecule has 2 rings (SSSR count). The molecule has 5 heteroatoms. The Hall–Kier alpha value is -0.940. The number of nitrogens with two attached hydrogens (primary N) is 1. The first-order valence-corrected chi connectivity index (χ1v) is 5.52. The van der Waals surface area contributed by atoms with Crippen LogP contribution in [0.2, 0.25) is 0 Å². The Balaban J connectivity index is 2.19. The van der Waals surface area contributed by atoms with Gasteiger partial charge >= 0.3 is 0 Å². The van der Waals surface area contributed by atoms with Gasteiger partial charge in [0.1, 0.15) is 5.01 Å². The van der Waals surface area contributed by atoms with Gasteiger partial charge in [-0.1, -0.05) is 0 Å². The molecule has 0 bridgehead atoms. The molecule has 3 N–H and O–H groups in total. The maximum atomic E-state index is 11.2. The smallest absolute Gasteiger partial charge is 0.220 e. The Morgan fingerprint density at radius 2 is 2.50 bits per heavy atom. The van der Waals surface area contributed by atoms with Crippen LogP contribution in [0, 0.1) is 6.92 Å². The first-order chi connectivity index (χ1) is 6.66. The van der Waals surface area contributed by atoms with Gasteiger partial charge in [-0.3, -0.25) is 4.79 Å². The summed E-state index contributed by atoms with van der Waals surface area (Å²) in [5.41, 5.74) is 6.92. The molecule has 2 atom stereocenters. The third kappa shape index (κ3) is 1.78. The molecule has 0 spiro atoms. The van der Waals surface area contributed by atoms with Crippen molar-refractivity contribution in [2.75, 3.05) is 0 Å². The van der Waals surface area contributed by atoms with Crippen LogP contribution >= 0.6 is 11.3 Å². The number of rotatable bonds is 1. The van der Waals surface area contributed by atoms with Crippen LogP contribution in [0.5, 0.6) is 0 Å². The molecule has 1 aromatic heterocycles. The monoisotopic (exact) mass is 211 g/mol. The molecule has 76 valence electrons. The van der Waals surface area contributed by atoms with Crippen molar-refractivity contribution in [3.63, 3.8) is 0 Å². The van der Waals surface area contributed by atoms with Crippen molar-refractivity contribution in [3.8, 4) is 0 Å². The second kappa shape index (κ2) is 3.67. The van der Waals surface area contributed by atoms with E-state index in [0.717, 1.165) is 17.1 Å². The Morgan fingerprint density at radius 3 is 3.14 bits per heavy atom. The minimum atomic E-state index is -0.0880. The van der Waals surface area contributed by atoms with Gasteiger partial charge < -0.3 is 11.1 Å². The molecule has 14 heavy (non-hydrogen) atoms.